The van der Waals surface area contributed by atoms with E-state index in [-0.39, 0.29) is 24.3 Å². The lowest BCUT2D eigenvalue weighted by molar-refractivity contribution is -0.127. The number of amides is 2. The van der Waals surface area contributed by atoms with E-state index < -0.39 is 11.6 Å². The van der Waals surface area contributed by atoms with Crippen LogP contribution in [0.15, 0.2) is 73.1 Å². The molecule has 214 valence electrons. The zero-order valence-corrected chi connectivity index (χ0v) is 24.5. The molecule has 0 aliphatic heterocycles. The van der Waals surface area contributed by atoms with Crippen molar-refractivity contribution in [3.8, 4) is 0 Å². The van der Waals surface area contributed by atoms with E-state index in [1.165, 1.54) is 6.42 Å². The summed E-state index contributed by atoms with van der Waals surface area (Å²) in [7, 11) is 0. The highest BCUT2D eigenvalue weighted by atomic mass is 35.5. The fourth-order valence-electron chi connectivity index (χ4n) is 5.75. The first-order valence-electron chi connectivity index (χ1n) is 13.9. The molecule has 2 aromatic heterocycles. The number of carbonyl (C=O) groups is 2. The average molecular weight is 594 g/mol. The van der Waals surface area contributed by atoms with Crippen LogP contribution in [0.3, 0.4) is 0 Å². The molecule has 41 heavy (non-hydrogen) atoms. The van der Waals surface area contributed by atoms with Crippen molar-refractivity contribution in [3.05, 3.63) is 99.9 Å². The van der Waals surface area contributed by atoms with Crippen LogP contribution in [0.1, 0.15) is 55.8 Å². The van der Waals surface area contributed by atoms with Gasteiger partial charge in [0.15, 0.2) is 0 Å². The van der Waals surface area contributed by atoms with E-state index in [1.54, 1.807) is 31.3 Å². The molecule has 0 unspecified atom stereocenters. The van der Waals surface area contributed by atoms with E-state index in [0.29, 0.717) is 22.2 Å². The highest BCUT2D eigenvalue weighted by Gasteiger charge is 2.40. The third-order valence-corrected chi connectivity index (χ3v) is 8.80. The highest BCUT2D eigenvalue weighted by Crippen LogP contribution is 2.38. The van der Waals surface area contributed by atoms with Gasteiger partial charge < -0.3 is 20.4 Å². The van der Waals surface area contributed by atoms with Crippen LogP contribution in [-0.4, -0.2) is 34.1 Å². The van der Waals surface area contributed by atoms with Gasteiger partial charge in [-0.3, -0.25) is 9.78 Å². The first-order valence-corrected chi connectivity index (χ1v) is 14.7. The highest BCUT2D eigenvalue weighted by molar-refractivity contribution is 6.42. The lowest BCUT2D eigenvalue weighted by Gasteiger charge is -2.38. The van der Waals surface area contributed by atoms with Gasteiger partial charge in [-0.25, -0.2) is 4.79 Å². The van der Waals surface area contributed by atoms with Crippen molar-refractivity contribution in [1.82, 2.24) is 20.6 Å². The molecule has 1 aliphatic rings. The standard InChI is InChI=1S/C32H34Cl2N4O3/c1-31(18-23-19-36-27-10-4-3-9-24(23)27,38-30(40)41-20-22-12-13-25(33)26(34)17-22)29(39)37-21-32(14-6-2-7-15-32)28-11-5-8-16-35-28/h3-5,8-13,16-17,19,36H,2,6-7,14-15,18,20-21H2,1H3,(H,37,39)(H,38,40)/t31-/m0/s1. The predicted octanol–water partition coefficient (Wildman–Crippen LogP) is 7.12. The second-order valence-electron chi connectivity index (χ2n) is 11.1. The Kier molecular flexibility index (Phi) is 8.85. The fourth-order valence-corrected chi connectivity index (χ4v) is 6.07. The van der Waals surface area contributed by atoms with E-state index >= 15 is 0 Å². The average Bonchev–Trinajstić information content (AvgIpc) is 3.39. The summed E-state index contributed by atoms with van der Waals surface area (Å²) in [4.78, 5) is 35.0. The summed E-state index contributed by atoms with van der Waals surface area (Å²) < 4.78 is 5.51. The molecule has 9 heteroatoms. The van der Waals surface area contributed by atoms with Gasteiger partial charge in [0, 0.05) is 47.4 Å². The summed E-state index contributed by atoms with van der Waals surface area (Å²) in [6.07, 6.45) is 8.48. The van der Waals surface area contributed by atoms with Crippen molar-refractivity contribution in [1.29, 1.82) is 0 Å². The SMILES string of the molecule is C[C@@](Cc1c[nH]c2ccccc12)(NC(=O)OCc1ccc(Cl)c(Cl)c1)C(=O)NCC1(c2ccccn2)CCCCC1. The number of halogens is 2. The van der Waals surface area contributed by atoms with Crippen molar-refractivity contribution in [2.45, 2.75) is 63.0 Å². The number of pyridine rings is 1. The zero-order chi connectivity index (χ0) is 28.9. The molecule has 1 aliphatic carbocycles. The molecule has 7 nitrogen and oxygen atoms in total. The summed E-state index contributed by atoms with van der Waals surface area (Å²) >= 11 is 12.1. The summed E-state index contributed by atoms with van der Waals surface area (Å²) in [5.41, 5.74) is 2.02. The van der Waals surface area contributed by atoms with Crippen LogP contribution in [0, 0.1) is 0 Å². The molecule has 3 N–H and O–H groups in total. The molecule has 0 spiro atoms. The minimum atomic E-state index is -1.29. The van der Waals surface area contributed by atoms with E-state index in [2.05, 4.69) is 20.6 Å². The molecule has 5 rings (SSSR count). The smallest absolute Gasteiger partial charge is 0.408 e. The number of carbonyl (C=O) groups excluding carboxylic acids is 2. The number of aromatic nitrogens is 2. The number of alkyl carbamates (subject to hydrolysis) is 1. The molecule has 0 radical (unpaired) electrons. The Bertz CT molecular complexity index is 1520. The Morgan fingerprint density at radius 3 is 2.56 bits per heavy atom. The van der Waals surface area contributed by atoms with Crippen molar-refractivity contribution < 1.29 is 14.3 Å². The Morgan fingerprint density at radius 1 is 1.02 bits per heavy atom. The van der Waals surface area contributed by atoms with E-state index in [1.807, 2.05) is 48.7 Å². The molecule has 0 bridgehead atoms. The van der Waals surface area contributed by atoms with Gasteiger partial charge in [0.2, 0.25) is 5.91 Å². The molecule has 2 heterocycles. The monoisotopic (exact) mass is 592 g/mol. The summed E-state index contributed by atoms with van der Waals surface area (Å²) in [6, 6.07) is 18.9. The zero-order valence-electron chi connectivity index (χ0n) is 23.0. The number of H-pyrrole nitrogens is 1. The summed E-state index contributed by atoms with van der Waals surface area (Å²) in [6.45, 7) is 2.15. The number of hydrogen-bond acceptors (Lipinski definition) is 4. The largest absolute Gasteiger partial charge is 0.445 e. The number of nitrogens with one attached hydrogen (secondary N) is 3. The van der Waals surface area contributed by atoms with Crippen LogP contribution < -0.4 is 10.6 Å². The van der Waals surface area contributed by atoms with Gasteiger partial charge in [-0.05, 0) is 61.2 Å². The molecule has 2 amide bonds. The maximum atomic E-state index is 14.0. The molecule has 0 saturated heterocycles. The van der Waals surface area contributed by atoms with Gasteiger partial charge in [0.1, 0.15) is 12.1 Å². The topological polar surface area (TPSA) is 96.1 Å². The fraction of sp³-hybridized carbons (Fsp3) is 0.344. The molecule has 1 saturated carbocycles. The van der Waals surface area contributed by atoms with Gasteiger partial charge in [0.25, 0.3) is 0 Å². The molecule has 4 aromatic rings. The first-order chi connectivity index (χ1) is 19.8. The Morgan fingerprint density at radius 2 is 1.80 bits per heavy atom. The number of ether oxygens (including phenoxy) is 1. The summed E-state index contributed by atoms with van der Waals surface area (Å²) in [5, 5.41) is 7.86. The Labute approximate surface area is 250 Å². The molecular formula is C32H34Cl2N4O3. The van der Waals surface area contributed by atoms with Gasteiger partial charge in [-0.1, -0.05) is 72.8 Å². The van der Waals surface area contributed by atoms with E-state index in [9.17, 15) is 9.59 Å². The number of para-hydroxylation sites is 1. The normalized spacial score (nSPS) is 16.1. The van der Waals surface area contributed by atoms with E-state index in [0.717, 1.165) is 47.8 Å². The molecular weight excluding hydrogens is 559 g/mol. The van der Waals surface area contributed by atoms with Gasteiger partial charge in [-0.15, -0.1) is 0 Å². The van der Waals surface area contributed by atoms with Crippen LogP contribution in [0.2, 0.25) is 10.0 Å². The van der Waals surface area contributed by atoms with Crippen LogP contribution >= 0.6 is 23.2 Å². The van der Waals surface area contributed by atoms with Gasteiger partial charge >= 0.3 is 6.09 Å². The summed E-state index contributed by atoms with van der Waals surface area (Å²) in [5.74, 6) is -0.282. The molecule has 1 atom stereocenters. The maximum Gasteiger partial charge on any atom is 0.408 e. The van der Waals surface area contributed by atoms with Gasteiger partial charge in [-0.2, -0.15) is 0 Å². The third kappa shape index (κ3) is 6.68. The number of rotatable bonds is 9. The first kappa shape index (κ1) is 29.0. The Balaban J connectivity index is 1.36. The van der Waals surface area contributed by atoms with Crippen LogP contribution in [0.25, 0.3) is 10.9 Å². The Hall–Kier alpha value is -3.55. The second-order valence-corrected chi connectivity index (χ2v) is 11.9. The number of aromatic amines is 1. The molecule has 1 fully saturated rings. The molecule has 2 aromatic carbocycles. The van der Waals surface area contributed by atoms with Crippen molar-refractivity contribution in [2.75, 3.05) is 6.54 Å². The number of nitrogens with zero attached hydrogens (tertiary/aromatic N) is 1. The quantitative estimate of drug-likeness (QED) is 0.193. The lowest BCUT2D eigenvalue weighted by Crippen LogP contribution is -2.59. The minimum absolute atomic E-state index is 0.0176. The van der Waals surface area contributed by atoms with Crippen molar-refractivity contribution in [2.24, 2.45) is 0 Å². The number of fused-ring (bicyclic) bond motifs is 1. The van der Waals surface area contributed by atoms with Crippen LogP contribution in [-0.2, 0) is 28.0 Å². The third-order valence-electron chi connectivity index (χ3n) is 8.06. The number of benzene rings is 2. The second kappa shape index (κ2) is 12.5. The van der Waals surface area contributed by atoms with Gasteiger partial charge in [0.05, 0.1) is 10.0 Å². The minimum Gasteiger partial charge on any atom is -0.445 e. The van der Waals surface area contributed by atoms with Crippen LogP contribution in [0.5, 0.6) is 0 Å². The van der Waals surface area contributed by atoms with Crippen LogP contribution in [0.4, 0.5) is 4.79 Å². The van der Waals surface area contributed by atoms with E-state index in [4.69, 9.17) is 27.9 Å². The maximum absolute atomic E-state index is 14.0. The number of hydrogen-bond donors (Lipinski definition) is 3. The van der Waals surface area contributed by atoms with Crippen molar-refractivity contribution >= 4 is 46.1 Å². The van der Waals surface area contributed by atoms with Crippen molar-refractivity contribution in [3.63, 3.8) is 0 Å². The predicted molar refractivity (Wildman–Crippen MR) is 162 cm³/mol. The lowest BCUT2D eigenvalue weighted by atomic mass is 9.71.